The number of hydrogen-bond donors (Lipinski definition) is 0. The van der Waals surface area contributed by atoms with Crippen LogP contribution < -0.4 is 4.74 Å². The quantitative estimate of drug-likeness (QED) is 0.280. The highest BCUT2D eigenvalue weighted by Crippen LogP contribution is 2.39. The summed E-state index contributed by atoms with van der Waals surface area (Å²) in [5.74, 6) is 0.861. The summed E-state index contributed by atoms with van der Waals surface area (Å²) in [5.41, 5.74) is 1.84. The Morgan fingerprint density at radius 1 is 0.929 bits per heavy atom. The minimum absolute atomic E-state index is 0.0201. The Hall–Kier alpha value is -1.88. The number of carbonyl (C=O) groups is 1. The Kier molecular flexibility index (Phi) is 7.49. The van der Waals surface area contributed by atoms with E-state index in [4.69, 9.17) is 16.3 Å². The van der Waals surface area contributed by atoms with Gasteiger partial charge in [-0.15, -0.1) is 23.5 Å². The van der Waals surface area contributed by atoms with Gasteiger partial charge >= 0.3 is 0 Å². The molecule has 3 aromatic rings. The summed E-state index contributed by atoms with van der Waals surface area (Å²) < 4.78 is 5.18. The lowest BCUT2D eigenvalue weighted by Crippen LogP contribution is -2.05. The molecule has 0 N–H and O–H groups in total. The Labute approximate surface area is 179 Å². The van der Waals surface area contributed by atoms with Crippen molar-refractivity contribution in [1.29, 1.82) is 0 Å². The molecule has 0 aliphatic heterocycles. The van der Waals surface area contributed by atoms with E-state index in [9.17, 15) is 4.79 Å². The molecule has 5 heteroatoms. The van der Waals surface area contributed by atoms with Gasteiger partial charge in [0.25, 0.3) is 0 Å². The Morgan fingerprint density at radius 3 is 2.11 bits per heavy atom. The summed E-state index contributed by atoms with van der Waals surface area (Å²) in [6.45, 7) is 0. The molecule has 0 heterocycles. The molecule has 2 nitrogen and oxygen atoms in total. The molecule has 0 unspecified atom stereocenters. The molecule has 3 rings (SSSR count). The molecular formula is C23H21ClO2S2. The number of halogens is 1. The zero-order valence-electron chi connectivity index (χ0n) is 15.7. The first-order chi connectivity index (χ1) is 13.6. The van der Waals surface area contributed by atoms with Gasteiger partial charge in [0.1, 0.15) is 5.75 Å². The predicted molar refractivity (Wildman–Crippen MR) is 120 cm³/mol. The van der Waals surface area contributed by atoms with Crippen LogP contribution in [0, 0.1) is 0 Å². The number of methoxy groups -OCH3 is 1. The number of hydrogen-bond acceptors (Lipinski definition) is 4. The SMILES string of the molecule is COc1ccc(C(=O)C[C@H](Sc2ccc(Cl)cc2)c2ccc(SC)cc2)cc1. The van der Waals surface area contributed by atoms with E-state index in [-0.39, 0.29) is 11.0 Å². The van der Waals surface area contributed by atoms with E-state index in [0.29, 0.717) is 17.0 Å². The number of ketones is 1. The third kappa shape index (κ3) is 5.57. The third-order valence-corrected chi connectivity index (χ3v) is 6.63. The van der Waals surface area contributed by atoms with Crippen LogP contribution in [0.1, 0.15) is 27.6 Å². The van der Waals surface area contributed by atoms with Crippen molar-refractivity contribution in [2.45, 2.75) is 21.5 Å². The van der Waals surface area contributed by atoms with Crippen LogP contribution in [-0.4, -0.2) is 19.1 Å². The first-order valence-corrected chi connectivity index (χ1v) is 11.3. The normalized spacial score (nSPS) is 11.8. The molecule has 28 heavy (non-hydrogen) atoms. The smallest absolute Gasteiger partial charge is 0.164 e. The molecule has 0 spiro atoms. The number of thioether (sulfide) groups is 2. The van der Waals surface area contributed by atoms with Gasteiger partial charge in [-0.05, 0) is 72.5 Å². The van der Waals surface area contributed by atoms with Crippen molar-refractivity contribution < 1.29 is 9.53 Å². The molecule has 0 amide bonds. The molecule has 3 aromatic carbocycles. The maximum absolute atomic E-state index is 12.9. The lowest BCUT2D eigenvalue weighted by atomic mass is 10.0. The second-order valence-electron chi connectivity index (χ2n) is 6.19. The Morgan fingerprint density at radius 2 is 1.54 bits per heavy atom. The Bertz CT molecular complexity index is 907. The van der Waals surface area contributed by atoms with Crippen LogP contribution in [-0.2, 0) is 0 Å². The van der Waals surface area contributed by atoms with Gasteiger partial charge in [0, 0.05) is 32.0 Å². The van der Waals surface area contributed by atoms with Crippen molar-refractivity contribution in [3.05, 3.63) is 88.9 Å². The van der Waals surface area contributed by atoms with Gasteiger partial charge in [0.05, 0.1) is 7.11 Å². The van der Waals surface area contributed by atoms with Crippen LogP contribution in [0.3, 0.4) is 0 Å². The molecule has 0 aromatic heterocycles. The highest BCUT2D eigenvalue weighted by atomic mass is 35.5. The average molecular weight is 429 g/mol. The first-order valence-electron chi connectivity index (χ1n) is 8.82. The zero-order valence-corrected chi connectivity index (χ0v) is 18.1. The molecule has 144 valence electrons. The molecule has 0 saturated carbocycles. The van der Waals surface area contributed by atoms with Crippen molar-refractivity contribution in [3.8, 4) is 5.75 Å². The monoisotopic (exact) mass is 428 g/mol. The van der Waals surface area contributed by atoms with Gasteiger partial charge in [-0.25, -0.2) is 0 Å². The number of rotatable bonds is 8. The Balaban J connectivity index is 1.83. The van der Waals surface area contributed by atoms with Crippen LogP contribution in [0.5, 0.6) is 5.75 Å². The summed E-state index contributed by atoms with van der Waals surface area (Å²) >= 11 is 9.40. The summed E-state index contributed by atoms with van der Waals surface area (Å²) in [5, 5.41) is 0.728. The lowest BCUT2D eigenvalue weighted by molar-refractivity contribution is 0.0982. The summed E-state index contributed by atoms with van der Waals surface area (Å²) in [4.78, 5) is 15.2. The second kappa shape index (κ2) is 10.1. The van der Waals surface area contributed by atoms with E-state index in [1.165, 1.54) is 4.90 Å². The van der Waals surface area contributed by atoms with Crippen molar-refractivity contribution in [3.63, 3.8) is 0 Å². The maximum Gasteiger partial charge on any atom is 0.164 e. The molecular weight excluding hydrogens is 408 g/mol. The van der Waals surface area contributed by atoms with Gasteiger partial charge < -0.3 is 4.74 Å². The van der Waals surface area contributed by atoms with Gasteiger partial charge in [-0.1, -0.05) is 23.7 Å². The molecule has 0 radical (unpaired) electrons. The number of Topliss-reactive ketones (excluding diaryl/α,β-unsaturated/α-hetero) is 1. The van der Waals surface area contributed by atoms with Gasteiger partial charge in [0.2, 0.25) is 0 Å². The van der Waals surface area contributed by atoms with E-state index in [1.807, 2.05) is 48.5 Å². The standard InChI is InChI=1S/C23H21ClO2S2/c1-26-19-9-3-16(4-10-19)22(25)15-23(17-5-11-20(27-2)12-6-17)28-21-13-7-18(24)8-14-21/h3-14,23H,15H2,1-2H3/t23-/m0/s1. The van der Waals surface area contributed by atoms with Crippen LogP contribution in [0.15, 0.2) is 82.6 Å². The maximum atomic E-state index is 12.9. The van der Waals surface area contributed by atoms with Gasteiger partial charge in [-0.3, -0.25) is 4.79 Å². The highest BCUT2D eigenvalue weighted by Gasteiger charge is 2.19. The molecule has 0 fully saturated rings. The first kappa shape index (κ1) is 20.8. The van der Waals surface area contributed by atoms with E-state index >= 15 is 0 Å². The van der Waals surface area contributed by atoms with E-state index < -0.39 is 0 Å². The third-order valence-electron chi connectivity index (χ3n) is 4.36. The van der Waals surface area contributed by atoms with Crippen LogP contribution in [0.4, 0.5) is 0 Å². The van der Waals surface area contributed by atoms with Crippen molar-refractivity contribution in [2.75, 3.05) is 13.4 Å². The average Bonchev–Trinajstić information content (AvgIpc) is 2.75. The highest BCUT2D eigenvalue weighted by molar-refractivity contribution is 7.99. The summed E-state index contributed by atoms with van der Waals surface area (Å²) in [6, 6.07) is 23.5. The minimum Gasteiger partial charge on any atom is -0.497 e. The molecule has 0 saturated heterocycles. The van der Waals surface area contributed by atoms with Gasteiger partial charge in [-0.2, -0.15) is 0 Å². The van der Waals surface area contributed by atoms with Crippen molar-refractivity contribution in [1.82, 2.24) is 0 Å². The zero-order chi connectivity index (χ0) is 19.9. The molecule has 0 aliphatic rings. The van der Waals surface area contributed by atoms with E-state index in [0.717, 1.165) is 16.2 Å². The number of ether oxygens (including phenoxy) is 1. The van der Waals surface area contributed by atoms with Crippen LogP contribution in [0.25, 0.3) is 0 Å². The fourth-order valence-corrected chi connectivity index (χ4v) is 4.47. The molecule has 0 bridgehead atoms. The van der Waals surface area contributed by atoms with Gasteiger partial charge in [0.15, 0.2) is 5.78 Å². The van der Waals surface area contributed by atoms with E-state index in [1.54, 1.807) is 30.6 Å². The largest absolute Gasteiger partial charge is 0.497 e. The molecule has 0 aliphatic carbocycles. The number of carbonyl (C=O) groups excluding carboxylic acids is 1. The van der Waals surface area contributed by atoms with Crippen LogP contribution >= 0.6 is 35.1 Å². The minimum atomic E-state index is 0.0201. The second-order valence-corrected chi connectivity index (χ2v) is 8.78. The number of benzene rings is 3. The fraction of sp³-hybridized carbons (Fsp3) is 0.174. The fourth-order valence-electron chi connectivity index (χ4n) is 2.79. The van der Waals surface area contributed by atoms with Crippen molar-refractivity contribution >= 4 is 40.9 Å². The molecule has 1 atom stereocenters. The summed E-state index contributed by atoms with van der Waals surface area (Å²) in [6.07, 6.45) is 2.47. The summed E-state index contributed by atoms with van der Waals surface area (Å²) in [7, 11) is 1.62. The van der Waals surface area contributed by atoms with Crippen LogP contribution in [0.2, 0.25) is 5.02 Å². The lowest BCUT2D eigenvalue weighted by Gasteiger charge is -2.17. The van der Waals surface area contributed by atoms with E-state index in [2.05, 4.69) is 30.5 Å². The van der Waals surface area contributed by atoms with Crippen molar-refractivity contribution in [2.24, 2.45) is 0 Å². The topological polar surface area (TPSA) is 26.3 Å². The predicted octanol–water partition coefficient (Wildman–Crippen LogP) is 7.18.